The summed E-state index contributed by atoms with van der Waals surface area (Å²) in [7, 11) is 0. The number of nitrogens with zero attached hydrogens (tertiary/aromatic N) is 1. The molecule has 0 spiro atoms. The summed E-state index contributed by atoms with van der Waals surface area (Å²) in [5.41, 5.74) is 0.293. The number of aliphatic carboxylic acids is 1. The van der Waals surface area contributed by atoms with Crippen LogP contribution in [0, 0.1) is 7.14 Å². The highest BCUT2D eigenvalue weighted by Gasteiger charge is 2.35. The lowest BCUT2D eigenvalue weighted by Crippen LogP contribution is -2.35. The van der Waals surface area contributed by atoms with Crippen LogP contribution in [-0.4, -0.2) is 39.6 Å². The van der Waals surface area contributed by atoms with E-state index < -0.39 is 24.5 Å². The van der Waals surface area contributed by atoms with Gasteiger partial charge in [0.05, 0.1) is 3.57 Å². The Balaban J connectivity index is 2.37. The van der Waals surface area contributed by atoms with Gasteiger partial charge in [-0.25, -0.2) is 9.69 Å². The van der Waals surface area contributed by atoms with Crippen LogP contribution < -0.4 is 5.32 Å². The minimum absolute atomic E-state index is 0.0118. The molecule has 1 aliphatic heterocycles. The first kappa shape index (κ1) is 16.0. The van der Waals surface area contributed by atoms with Crippen molar-refractivity contribution in [1.82, 2.24) is 10.2 Å². The second kappa shape index (κ2) is 6.17. The number of urea groups is 1. The number of halogens is 2. The van der Waals surface area contributed by atoms with Gasteiger partial charge in [-0.05, 0) is 63.4 Å². The van der Waals surface area contributed by atoms with Crippen molar-refractivity contribution in [2.75, 3.05) is 6.54 Å². The smallest absolute Gasteiger partial charge is 0.329 e. The molecule has 0 aliphatic carbocycles. The highest BCUT2D eigenvalue weighted by molar-refractivity contribution is 14.1. The van der Waals surface area contributed by atoms with Crippen molar-refractivity contribution in [3.8, 4) is 5.75 Å². The van der Waals surface area contributed by atoms with Gasteiger partial charge in [-0.15, -0.1) is 0 Å². The van der Waals surface area contributed by atoms with E-state index in [1.54, 1.807) is 12.1 Å². The molecule has 1 heterocycles. The van der Waals surface area contributed by atoms with Crippen LogP contribution >= 0.6 is 45.2 Å². The number of carbonyl (C=O) groups is 3. The van der Waals surface area contributed by atoms with Gasteiger partial charge in [-0.3, -0.25) is 9.59 Å². The Morgan fingerprint density at radius 2 is 2.00 bits per heavy atom. The highest BCUT2D eigenvalue weighted by Crippen LogP contribution is 2.29. The van der Waals surface area contributed by atoms with Gasteiger partial charge in [0.15, 0.2) is 0 Å². The van der Waals surface area contributed by atoms with Crippen LogP contribution in [-0.2, 0) is 9.59 Å². The first-order chi connectivity index (χ1) is 9.79. The zero-order valence-corrected chi connectivity index (χ0v) is 14.6. The second-order valence-electron chi connectivity index (χ2n) is 4.10. The van der Waals surface area contributed by atoms with Crippen LogP contribution in [0.2, 0.25) is 0 Å². The predicted octanol–water partition coefficient (Wildman–Crippen LogP) is 1.58. The molecule has 1 fully saturated rings. The van der Waals surface area contributed by atoms with Gasteiger partial charge in [-0.2, -0.15) is 0 Å². The van der Waals surface area contributed by atoms with E-state index in [1.807, 2.05) is 22.6 Å². The number of carbonyl (C=O) groups excluding carboxylic acids is 2. The van der Waals surface area contributed by atoms with Gasteiger partial charge >= 0.3 is 12.0 Å². The van der Waals surface area contributed by atoms with Gasteiger partial charge < -0.3 is 15.5 Å². The minimum Gasteiger partial charge on any atom is -0.506 e. The number of amides is 3. The van der Waals surface area contributed by atoms with Crippen molar-refractivity contribution >= 4 is 69.2 Å². The van der Waals surface area contributed by atoms with Crippen LogP contribution in [0.5, 0.6) is 5.75 Å². The molecule has 3 amide bonds. The summed E-state index contributed by atoms with van der Waals surface area (Å²) < 4.78 is 1.45. The lowest BCUT2D eigenvalue weighted by molar-refractivity contribution is -0.140. The quantitative estimate of drug-likeness (QED) is 0.323. The largest absolute Gasteiger partial charge is 0.506 e. The molecule has 0 radical (unpaired) electrons. The Labute approximate surface area is 146 Å². The molecule has 2 rings (SSSR count). The fraction of sp³-hybridized carbons (Fsp3) is 0.0833. The number of imide groups is 1. The number of hydrogen-bond acceptors (Lipinski definition) is 4. The number of nitrogens with one attached hydrogen (secondary N) is 1. The lowest BCUT2D eigenvalue weighted by Gasteiger charge is -2.07. The number of phenols is 1. The van der Waals surface area contributed by atoms with E-state index in [0.29, 0.717) is 14.0 Å². The third-order valence-corrected chi connectivity index (χ3v) is 4.06. The van der Waals surface area contributed by atoms with Crippen molar-refractivity contribution in [2.45, 2.75) is 0 Å². The molecule has 1 saturated heterocycles. The normalized spacial score (nSPS) is 16.5. The fourth-order valence-electron chi connectivity index (χ4n) is 1.70. The van der Waals surface area contributed by atoms with Crippen molar-refractivity contribution in [3.63, 3.8) is 0 Å². The maximum absolute atomic E-state index is 12.0. The standard InChI is InChI=1S/C12H8I2N2O5/c13-6-1-5(10(19)7(14)3-6)2-8-11(20)16(4-9(17)18)12(21)15-8/h1-3,19H,4H2,(H,15,21)(H,17,18)/b8-2+. The predicted molar refractivity (Wildman–Crippen MR) is 89.4 cm³/mol. The lowest BCUT2D eigenvalue weighted by atomic mass is 10.1. The summed E-state index contributed by atoms with van der Waals surface area (Å²) in [5.74, 6) is -2.04. The topological polar surface area (TPSA) is 107 Å². The first-order valence-electron chi connectivity index (χ1n) is 5.54. The number of carboxylic acid groups (broad SMARTS) is 1. The summed E-state index contributed by atoms with van der Waals surface area (Å²) >= 11 is 4.01. The van der Waals surface area contributed by atoms with Gasteiger partial charge in [-0.1, -0.05) is 0 Å². The van der Waals surface area contributed by atoms with Crippen molar-refractivity contribution < 1.29 is 24.6 Å². The van der Waals surface area contributed by atoms with Gasteiger partial charge in [0.1, 0.15) is 18.0 Å². The van der Waals surface area contributed by atoms with E-state index in [9.17, 15) is 19.5 Å². The van der Waals surface area contributed by atoms with Gasteiger partial charge in [0.25, 0.3) is 5.91 Å². The molecule has 0 bridgehead atoms. The second-order valence-corrected chi connectivity index (χ2v) is 6.51. The SMILES string of the molecule is O=C(O)CN1C(=O)N/C(=C/c2cc(I)cc(I)c2O)C1=O. The Morgan fingerprint density at radius 1 is 1.33 bits per heavy atom. The van der Waals surface area contributed by atoms with E-state index in [1.165, 1.54) is 6.08 Å². The van der Waals surface area contributed by atoms with E-state index in [2.05, 4.69) is 27.9 Å². The summed E-state index contributed by atoms with van der Waals surface area (Å²) in [5, 5.41) is 20.9. The van der Waals surface area contributed by atoms with E-state index in [-0.39, 0.29) is 11.4 Å². The van der Waals surface area contributed by atoms with E-state index in [0.717, 1.165) is 3.57 Å². The van der Waals surface area contributed by atoms with Crippen LogP contribution in [0.15, 0.2) is 17.8 Å². The molecule has 21 heavy (non-hydrogen) atoms. The third kappa shape index (κ3) is 3.45. The van der Waals surface area contributed by atoms with Crippen molar-refractivity contribution in [3.05, 3.63) is 30.5 Å². The summed E-state index contributed by atoms with van der Waals surface area (Å²) in [6.45, 7) is -0.710. The number of hydrogen-bond donors (Lipinski definition) is 3. The van der Waals surface area contributed by atoms with Crippen LogP contribution in [0.4, 0.5) is 4.79 Å². The maximum atomic E-state index is 12.0. The zero-order chi connectivity index (χ0) is 15.7. The molecule has 1 aliphatic rings. The summed E-state index contributed by atoms with van der Waals surface area (Å²) in [6.07, 6.45) is 1.32. The summed E-state index contributed by atoms with van der Waals surface area (Å²) in [6, 6.07) is 2.60. The van der Waals surface area contributed by atoms with Crippen molar-refractivity contribution in [2.24, 2.45) is 0 Å². The Bertz CT molecular complexity index is 686. The molecule has 0 unspecified atom stereocenters. The molecule has 1 aromatic rings. The Kier molecular flexibility index (Phi) is 4.70. The first-order valence-corrected chi connectivity index (χ1v) is 7.69. The highest BCUT2D eigenvalue weighted by atomic mass is 127. The molecular formula is C12H8I2N2O5. The molecule has 7 nitrogen and oxygen atoms in total. The molecule has 110 valence electrons. The average molecular weight is 514 g/mol. The molecule has 0 atom stereocenters. The van der Waals surface area contributed by atoms with Crippen LogP contribution in [0.1, 0.15) is 5.56 Å². The van der Waals surface area contributed by atoms with Crippen LogP contribution in [0.3, 0.4) is 0 Å². The molecule has 0 saturated carbocycles. The van der Waals surface area contributed by atoms with E-state index >= 15 is 0 Å². The zero-order valence-electron chi connectivity index (χ0n) is 10.3. The number of phenolic OH excluding ortho intramolecular Hbond substituents is 1. The number of rotatable bonds is 3. The van der Waals surface area contributed by atoms with Gasteiger partial charge in [0, 0.05) is 9.13 Å². The minimum atomic E-state index is -1.29. The Hall–Kier alpha value is -1.37. The summed E-state index contributed by atoms with van der Waals surface area (Å²) in [4.78, 5) is 34.7. The van der Waals surface area contributed by atoms with Crippen molar-refractivity contribution in [1.29, 1.82) is 0 Å². The average Bonchev–Trinajstić information content (AvgIpc) is 2.63. The molecule has 9 heteroatoms. The molecular weight excluding hydrogens is 506 g/mol. The monoisotopic (exact) mass is 514 g/mol. The number of aromatic hydroxyl groups is 1. The molecule has 0 aromatic heterocycles. The molecule has 1 aromatic carbocycles. The third-order valence-electron chi connectivity index (χ3n) is 2.61. The maximum Gasteiger partial charge on any atom is 0.329 e. The number of benzene rings is 1. The fourth-order valence-corrected chi connectivity index (χ4v) is 3.59. The van der Waals surface area contributed by atoms with E-state index in [4.69, 9.17) is 5.11 Å². The van der Waals surface area contributed by atoms with Crippen LogP contribution in [0.25, 0.3) is 6.08 Å². The number of carboxylic acids is 1. The Morgan fingerprint density at radius 3 is 2.62 bits per heavy atom. The van der Waals surface area contributed by atoms with Gasteiger partial charge in [0.2, 0.25) is 0 Å². The molecule has 3 N–H and O–H groups in total.